The smallest absolute Gasteiger partial charge is 0.308 e. The third kappa shape index (κ3) is 3.15. The molecular formula is C14H16BrNO3. The van der Waals surface area contributed by atoms with Crippen molar-refractivity contribution in [1.29, 1.82) is 0 Å². The van der Waals surface area contributed by atoms with Gasteiger partial charge in [-0.1, -0.05) is 15.9 Å². The minimum atomic E-state index is -0.815. The van der Waals surface area contributed by atoms with Gasteiger partial charge >= 0.3 is 5.97 Å². The lowest BCUT2D eigenvalue weighted by atomic mass is 9.97. The van der Waals surface area contributed by atoms with Gasteiger partial charge in [-0.05, 0) is 43.5 Å². The molecule has 1 N–H and O–H groups in total. The first-order valence-electron chi connectivity index (χ1n) is 6.27. The van der Waals surface area contributed by atoms with Crippen molar-refractivity contribution in [3.8, 4) is 0 Å². The number of likely N-dealkylation sites (tertiary alicyclic amines) is 1. The number of hydrogen-bond donors (Lipinski definition) is 1. The molecule has 0 unspecified atom stereocenters. The van der Waals surface area contributed by atoms with Crippen LogP contribution in [0.4, 0.5) is 0 Å². The van der Waals surface area contributed by atoms with Gasteiger partial charge in [0.15, 0.2) is 0 Å². The molecule has 1 heterocycles. The largest absolute Gasteiger partial charge is 0.481 e. The van der Waals surface area contributed by atoms with E-state index >= 15 is 0 Å². The zero-order chi connectivity index (χ0) is 14.0. The molecule has 0 saturated carbocycles. The van der Waals surface area contributed by atoms with Crippen LogP contribution in [-0.2, 0) is 4.79 Å². The summed E-state index contributed by atoms with van der Waals surface area (Å²) in [6.45, 7) is 2.83. The van der Waals surface area contributed by atoms with Crippen LogP contribution in [0.2, 0.25) is 0 Å². The van der Waals surface area contributed by atoms with Crippen molar-refractivity contribution in [3.05, 3.63) is 33.8 Å². The molecule has 1 aliphatic heterocycles. The fourth-order valence-electron chi connectivity index (χ4n) is 2.40. The number of amides is 1. The van der Waals surface area contributed by atoms with Crippen molar-refractivity contribution in [3.63, 3.8) is 0 Å². The minimum absolute atomic E-state index is 0.0732. The normalized spacial score (nSPS) is 19.3. The van der Waals surface area contributed by atoms with Crippen molar-refractivity contribution < 1.29 is 14.7 Å². The number of hydrogen-bond acceptors (Lipinski definition) is 2. The predicted octanol–water partition coefficient (Wildman–Crippen LogP) is 2.69. The van der Waals surface area contributed by atoms with Crippen molar-refractivity contribution in [2.24, 2.45) is 5.92 Å². The molecule has 102 valence electrons. The zero-order valence-electron chi connectivity index (χ0n) is 10.7. The van der Waals surface area contributed by atoms with Crippen LogP contribution in [0.3, 0.4) is 0 Å². The molecule has 0 radical (unpaired) electrons. The molecule has 1 aromatic carbocycles. The Morgan fingerprint density at radius 3 is 2.79 bits per heavy atom. The third-order valence-corrected chi connectivity index (χ3v) is 3.97. The number of aryl methyl sites for hydroxylation is 1. The zero-order valence-corrected chi connectivity index (χ0v) is 12.3. The van der Waals surface area contributed by atoms with Gasteiger partial charge in [-0.15, -0.1) is 0 Å². The summed E-state index contributed by atoms with van der Waals surface area (Å²) in [7, 11) is 0. The van der Waals surface area contributed by atoms with E-state index in [4.69, 9.17) is 5.11 Å². The second-order valence-corrected chi connectivity index (χ2v) is 5.80. The minimum Gasteiger partial charge on any atom is -0.481 e. The van der Waals surface area contributed by atoms with E-state index in [2.05, 4.69) is 15.9 Å². The molecule has 1 saturated heterocycles. The van der Waals surface area contributed by atoms with E-state index in [9.17, 15) is 9.59 Å². The second-order valence-electron chi connectivity index (χ2n) is 4.89. The van der Waals surface area contributed by atoms with Gasteiger partial charge in [0.2, 0.25) is 0 Å². The summed E-state index contributed by atoms with van der Waals surface area (Å²) < 4.78 is 0.934. The Bertz CT molecular complexity index is 515. The number of benzene rings is 1. The Morgan fingerprint density at radius 2 is 2.16 bits per heavy atom. The number of rotatable bonds is 2. The van der Waals surface area contributed by atoms with E-state index in [0.29, 0.717) is 25.1 Å². The highest BCUT2D eigenvalue weighted by atomic mass is 79.9. The molecule has 1 aromatic rings. The molecule has 5 heteroatoms. The molecule has 1 amide bonds. The van der Waals surface area contributed by atoms with Crippen LogP contribution in [0.15, 0.2) is 22.7 Å². The fourth-order valence-corrected chi connectivity index (χ4v) is 2.88. The van der Waals surface area contributed by atoms with E-state index in [1.807, 2.05) is 19.1 Å². The van der Waals surface area contributed by atoms with Gasteiger partial charge in [-0.3, -0.25) is 9.59 Å². The van der Waals surface area contributed by atoms with Crippen molar-refractivity contribution in [1.82, 2.24) is 4.90 Å². The summed E-state index contributed by atoms with van der Waals surface area (Å²) in [5, 5.41) is 9.06. The van der Waals surface area contributed by atoms with Crippen molar-refractivity contribution >= 4 is 27.8 Å². The van der Waals surface area contributed by atoms with Crippen LogP contribution in [0.25, 0.3) is 0 Å². The second kappa shape index (κ2) is 5.74. The lowest BCUT2D eigenvalue weighted by Crippen LogP contribution is -2.42. The number of nitrogens with zero attached hydrogens (tertiary/aromatic N) is 1. The van der Waals surface area contributed by atoms with Gasteiger partial charge in [0.05, 0.1) is 5.92 Å². The summed E-state index contributed by atoms with van der Waals surface area (Å²) in [6, 6.07) is 5.51. The maximum Gasteiger partial charge on any atom is 0.308 e. The highest BCUT2D eigenvalue weighted by Crippen LogP contribution is 2.22. The third-order valence-electron chi connectivity index (χ3n) is 3.48. The topological polar surface area (TPSA) is 57.6 Å². The van der Waals surface area contributed by atoms with Gasteiger partial charge in [-0.25, -0.2) is 0 Å². The number of carbonyl (C=O) groups excluding carboxylic acids is 1. The quantitative estimate of drug-likeness (QED) is 0.909. The first-order chi connectivity index (χ1) is 8.99. The Kier molecular flexibility index (Phi) is 4.24. The first kappa shape index (κ1) is 14.1. The number of piperidine rings is 1. The first-order valence-corrected chi connectivity index (χ1v) is 7.06. The van der Waals surface area contributed by atoms with Gasteiger partial charge in [0.25, 0.3) is 5.91 Å². The molecule has 19 heavy (non-hydrogen) atoms. The standard InChI is InChI=1S/C14H16BrNO3/c1-9-7-11(15)4-5-12(9)13(17)16-6-2-3-10(8-16)14(18)19/h4-5,7,10H,2-3,6,8H2,1H3,(H,18,19)/t10-/m1/s1. The fraction of sp³-hybridized carbons (Fsp3) is 0.429. The lowest BCUT2D eigenvalue weighted by Gasteiger charge is -2.31. The van der Waals surface area contributed by atoms with E-state index in [0.717, 1.165) is 16.5 Å². The summed E-state index contributed by atoms with van der Waals surface area (Å²) in [5.41, 5.74) is 1.55. The SMILES string of the molecule is Cc1cc(Br)ccc1C(=O)N1CCC[C@@H](C(=O)O)C1. The van der Waals surface area contributed by atoms with Crippen molar-refractivity contribution in [2.75, 3.05) is 13.1 Å². The molecule has 0 bridgehead atoms. The number of carboxylic acid groups (broad SMARTS) is 1. The summed E-state index contributed by atoms with van der Waals surface area (Å²) in [5.74, 6) is -1.32. The van der Waals surface area contributed by atoms with Crippen LogP contribution in [0.5, 0.6) is 0 Å². The van der Waals surface area contributed by atoms with Gasteiger partial charge in [0.1, 0.15) is 0 Å². The molecule has 0 aromatic heterocycles. The number of carboxylic acids is 1. The van der Waals surface area contributed by atoms with Crippen molar-refractivity contribution in [2.45, 2.75) is 19.8 Å². The molecule has 4 nitrogen and oxygen atoms in total. The van der Waals surface area contributed by atoms with Crippen LogP contribution in [-0.4, -0.2) is 35.0 Å². The molecule has 1 atom stereocenters. The van der Waals surface area contributed by atoms with Gasteiger partial charge in [-0.2, -0.15) is 0 Å². The molecular weight excluding hydrogens is 310 g/mol. The van der Waals surface area contributed by atoms with Crippen LogP contribution in [0.1, 0.15) is 28.8 Å². The summed E-state index contributed by atoms with van der Waals surface area (Å²) in [4.78, 5) is 25.1. The average Bonchev–Trinajstić information content (AvgIpc) is 2.38. The monoisotopic (exact) mass is 325 g/mol. The van der Waals surface area contributed by atoms with Crippen LogP contribution < -0.4 is 0 Å². The summed E-state index contributed by atoms with van der Waals surface area (Å²) >= 11 is 3.37. The van der Waals surface area contributed by atoms with Gasteiger partial charge in [0, 0.05) is 23.1 Å². The Labute approximate surface area is 120 Å². The number of aliphatic carboxylic acids is 1. The Balaban J connectivity index is 2.17. The van der Waals surface area contributed by atoms with E-state index in [1.165, 1.54) is 0 Å². The molecule has 1 fully saturated rings. The van der Waals surface area contributed by atoms with E-state index in [-0.39, 0.29) is 5.91 Å². The molecule has 0 spiro atoms. The Morgan fingerprint density at radius 1 is 1.42 bits per heavy atom. The molecule has 0 aliphatic carbocycles. The van der Waals surface area contributed by atoms with E-state index < -0.39 is 11.9 Å². The maximum absolute atomic E-state index is 12.4. The molecule has 1 aliphatic rings. The highest BCUT2D eigenvalue weighted by Gasteiger charge is 2.29. The van der Waals surface area contributed by atoms with E-state index in [1.54, 1.807) is 11.0 Å². The number of halogens is 1. The van der Waals surface area contributed by atoms with Gasteiger partial charge < -0.3 is 10.0 Å². The highest BCUT2D eigenvalue weighted by molar-refractivity contribution is 9.10. The average molecular weight is 326 g/mol. The lowest BCUT2D eigenvalue weighted by molar-refractivity contribution is -0.143. The predicted molar refractivity (Wildman–Crippen MR) is 75.1 cm³/mol. The Hall–Kier alpha value is -1.36. The van der Waals surface area contributed by atoms with Crippen LogP contribution in [0, 0.1) is 12.8 Å². The van der Waals surface area contributed by atoms with Crippen LogP contribution >= 0.6 is 15.9 Å². The number of carbonyl (C=O) groups is 2. The molecule has 2 rings (SSSR count). The summed E-state index contributed by atoms with van der Waals surface area (Å²) in [6.07, 6.45) is 1.40. The maximum atomic E-state index is 12.4.